The lowest BCUT2D eigenvalue weighted by molar-refractivity contribution is 0.395. The molecule has 1 heterocycles. The zero-order valence-corrected chi connectivity index (χ0v) is 13.4. The minimum atomic E-state index is -0.615. The van der Waals surface area contributed by atoms with Gasteiger partial charge in [-0.3, -0.25) is 0 Å². The lowest BCUT2D eigenvalue weighted by Gasteiger charge is -2.37. The van der Waals surface area contributed by atoms with Gasteiger partial charge < -0.3 is 4.74 Å². The number of hydrogen-bond donors (Lipinski definition) is 0. The summed E-state index contributed by atoms with van der Waals surface area (Å²) in [5.41, 5.74) is 3.64. The Morgan fingerprint density at radius 2 is 2.14 bits per heavy atom. The van der Waals surface area contributed by atoms with Crippen LogP contribution in [0, 0.1) is 24.2 Å². The number of rotatable bonds is 2. The zero-order valence-electron chi connectivity index (χ0n) is 13.4. The lowest BCUT2D eigenvalue weighted by atomic mass is 9.63. The molecule has 0 aromatic carbocycles. The van der Waals surface area contributed by atoms with Crippen molar-refractivity contribution < 1.29 is 4.74 Å². The quantitative estimate of drug-likeness (QED) is 0.767. The fraction of sp³-hybridized carbons (Fsp3) is 0.444. The Bertz CT molecular complexity index is 652. The number of pyridine rings is 1. The maximum Gasteiger partial charge on any atom is 0.213 e. The van der Waals surface area contributed by atoms with Crippen molar-refractivity contribution in [2.24, 2.45) is 5.92 Å². The first kappa shape index (κ1) is 15.3. The molecule has 0 aliphatic heterocycles. The molecule has 0 saturated heterocycles. The number of aryl methyl sites for hydroxylation is 1. The van der Waals surface area contributed by atoms with Gasteiger partial charge in [-0.15, -0.1) is 0 Å². The van der Waals surface area contributed by atoms with Gasteiger partial charge >= 0.3 is 0 Å². The summed E-state index contributed by atoms with van der Waals surface area (Å²) >= 11 is 0. The minimum absolute atomic E-state index is 0.268. The molecule has 0 bridgehead atoms. The van der Waals surface area contributed by atoms with E-state index in [4.69, 9.17) is 4.74 Å². The fourth-order valence-electron chi connectivity index (χ4n) is 3.51. The van der Waals surface area contributed by atoms with Crippen LogP contribution in [0.4, 0.5) is 0 Å². The highest BCUT2D eigenvalue weighted by atomic mass is 16.5. The molecule has 1 aromatic heterocycles. The van der Waals surface area contributed by atoms with E-state index in [9.17, 15) is 5.26 Å². The Labute approximate surface area is 127 Å². The topological polar surface area (TPSA) is 45.9 Å². The van der Waals surface area contributed by atoms with Crippen LogP contribution in [-0.2, 0) is 5.41 Å². The summed E-state index contributed by atoms with van der Waals surface area (Å²) in [5, 5.41) is 10.0. The first-order valence-corrected chi connectivity index (χ1v) is 7.26. The second-order valence-electron chi connectivity index (χ2n) is 5.73. The normalized spacial score (nSPS) is 27.1. The Balaban J connectivity index is 2.67. The van der Waals surface area contributed by atoms with Gasteiger partial charge in [0.05, 0.1) is 13.2 Å². The Hall–Kier alpha value is -2.08. The molecule has 0 fully saturated rings. The van der Waals surface area contributed by atoms with Crippen LogP contribution in [0.1, 0.15) is 38.4 Å². The third kappa shape index (κ3) is 2.47. The van der Waals surface area contributed by atoms with Crippen LogP contribution in [0.3, 0.4) is 0 Å². The van der Waals surface area contributed by atoms with Crippen molar-refractivity contribution >= 4 is 0 Å². The number of nitriles is 1. The molecule has 110 valence electrons. The van der Waals surface area contributed by atoms with Crippen LogP contribution in [0.5, 0.6) is 5.88 Å². The number of nitrogens with zero attached hydrogens (tertiary/aromatic N) is 2. The molecule has 3 nitrogen and oxygen atoms in total. The van der Waals surface area contributed by atoms with Crippen LogP contribution in [0.2, 0.25) is 0 Å². The highest BCUT2D eigenvalue weighted by molar-refractivity contribution is 5.51. The van der Waals surface area contributed by atoms with Gasteiger partial charge in [0.25, 0.3) is 0 Å². The molecule has 3 heteroatoms. The first-order chi connectivity index (χ1) is 9.98. The van der Waals surface area contributed by atoms with E-state index in [1.54, 1.807) is 7.11 Å². The van der Waals surface area contributed by atoms with E-state index in [0.717, 1.165) is 23.3 Å². The maximum absolute atomic E-state index is 10.0. The fourth-order valence-corrected chi connectivity index (χ4v) is 3.51. The molecule has 0 N–H and O–H groups in total. The zero-order chi connectivity index (χ0) is 15.6. The second-order valence-corrected chi connectivity index (χ2v) is 5.73. The van der Waals surface area contributed by atoms with Crippen LogP contribution in [0.25, 0.3) is 0 Å². The van der Waals surface area contributed by atoms with Crippen molar-refractivity contribution in [1.29, 1.82) is 5.26 Å². The van der Waals surface area contributed by atoms with Crippen molar-refractivity contribution in [3.63, 3.8) is 0 Å². The van der Waals surface area contributed by atoms with Gasteiger partial charge in [0, 0.05) is 11.8 Å². The molecule has 21 heavy (non-hydrogen) atoms. The van der Waals surface area contributed by atoms with Gasteiger partial charge in [0.1, 0.15) is 5.41 Å². The van der Waals surface area contributed by atoms with Crippen LogP contribution in [0.15, 0.2) is 35.4 Å². The monoisotopic (exact) mass is 282 g/mol. The third-order valence-corrected chi connectivity index (χ3v) is 4.29. The third-order valence-electron chi connectivity index (χ3n) is 4.29. The van der Waals surface area contributed by atoms with E-state index in [1.165, 1.54) is 5.57 Å². The lowest BCUT2D eigenvalue weighted by Crippen LogP contribution is -2.34. The highest BCUT2D eigenvalue weighted by Gasteiger charge is 2.42. The molecule has 0 saturated carbocycles. The summed E-state index contributed by atoms with van der Waals surface area (Å²) in [7, 11) is 1.61. The van der Waals surface area contributed by atoms with E-state index in [-0.39, 0.29) is 5.92 Å². The SMILES string of the molecule is C/C=C1\[C@H](C)C=C(C)C[C@]1(C#N)c1ccc(OC)nc1C. The van der Waals surface area contributed by atoms with E-state index >= 15 is 0 Å². The average Bonchev–Trinajstić information content (AvgIpc) is 2.46. The van der Waals surface area contributed by atoms with E-state index in [1.807, 2.05) is 26.0 Å². The Morgan fingerprint density at radius 1 is 1.43 bits per heavy atom. The van der Waals surface area contributed by atoms with Crippen molar-refractivity contribution in [1.82, 2.24) is 4.98 Å². The van der Waals surface area contributed by atoms with Crippen molar-refractivity contribution in [2.75, 3.05) is 7.11 Å². The van der Waals surface area contributed by atoms with Crippen molar-refractivity contribution in [2.45, 2.75) is 39.5 Å². The molecule has 1 aromatic rings. The molecule has 1 aliphatic carbocycles. The molecular weight excluding hydrogens is 260 g/mol. The summed E-state index contributed by atoms with van der Waals surface area (Å²) < 4.78 is 5.18. The van der Waals surface area contributed by atoms with Gasteiger partial charge in [0.15, 0.2) is 0 Å². The smallest absolute Gasteiger partial charge is 0.213 e. The van der Waals surface area contributed by atoms with Gasteiger partial charge in [0.2, 0.25) is 5.88 Å². The molecule has 2 atom stereocenters. The number of methoxy groups -OCH3 is 1. The predicted molar refractivity (Wildman–Crippen MR) is 84.1 cm³/mol. The van der Waals surface area contributed by atoms with E-state index in [2.05, 4.69) is 37.1 Å². The summed E-state index contributed by atoms with van der Waals surface area (Å²) in [6.45, 7) is 8.21. The van der Waals surface area contributed by atoms with Crippen LogP contribution >= 0.6 is 0 Å². The van der Waals surface area contributed by atoms with Crippen LogP contribution < -0.4 is 4.74 Å². The second kappa shape index (κ2) is 5.73. The molecular formula is C18H22N2O. The molecule has 0 unspecified atom stereocenters. The first-order valence-electron chi connectivity index (χ1n) is 7.26. The summed E-state index contributed by atoms with van der Waals surface area (Å²) in [6.07, 6.45) is 5.06. The molecule has 1 aliphatic rings. The largest absolute Gasteiger partial charge is 0.481 e. The Morgan fingerprint density at radius 3 is 2.67 bits per heavy atom. The van der Waals surface area contributed by atoms with Gasteiger partial charge in [-0.05, 0) is 50.3 Å². The molecule has 0 amide bonds. The number of hydrogen-bond acceptors (Lipinski definition) is 3. The predicted octanol–water partition coefficient (Wildman–Crippen LogP) is 4.09. The van der Waals surface area contributed by atoms with Gasteiger partial charge in [-0.2, -0.15) is 5.26 Å². The summed E-state index contributed by atoms with van der Waals surface area (Å²) in [5.74, 6) is 0.854. The standard InChI is InChI=1S/C18H22N2O/c1-6-15-13(3)9-12(2)10-18(15,11-19)16-7-8-17(21-5)20-14(16)4/h6-9,13H,10H2,1-5H3/b15-6+/t13-,18-/m1/s1. The Kier molecular flexibility index (Phi) is 4.18. The number of allylic oxidation sites excluding steroid dienone is 4. The molecule has 0 radical (unpaired) electrons. The summed E-state index contributed by atoms with van der Waals surface area (Å²) in [6, 6.07) is 6.41. The molecule has 0 spiro atoms. The van der Waals surface area contributed by atoms with Crippen LogP contribution in [-0.4, -0.2) is 12.1 Å². The average molecular weight is 282 g/mol. The number of ether oxygens (including phenoxy) is 1. The maximum atomic E-state index is 10.0. The summed E-state index contributed by atoms with van der Waals surface area (Å²) in [4.78, 5) is 4.46. The number of aromatic nitrogens is 1. The van der Waals surface area contributed by atoms with Gasteiger partial charge in [-0.25, -0.2) is 4.98 Å². The van der Waals surface area contributed by atoms with Crippen molar-refractivity contribution in [3.8, 4) is 11.9 Å². The minimum Gasteiger partial charge on any atom is -0.481 e. The van der Waals surface area contributed by atoms with E-state index in [0.29, 0.717) is 5.88 Å². The highest BCUT2D eigenvalue weighted by Crippen LogP contribution is 2.46. The van der Waals surface area contributed by atoms with Gasteiger partial charge in [-0.1, -0.05) is 24.6 Å². The molecule has 2 rings (SSSR count). The van der Waals surface area contributed by atoms with E-state index < -0.39 is 5.41 Å². The van der Waals surface area contributed by atoms with Crippen molar-refractivity contribution in [3.05, 3.63) is 46.7 Å².